The normalized spacial score (nSPS) is 11.2. The van der Waals surface area contributed by atoms with Crippen LogP contribution < -0.4 is 0 Å². The molecule has 0 nitrogen and oxygen atoms in total. The van der Waals surface area contributed by atoms with Crippen LogP contribution in [0, 0.1) is 0 Å². The monoisotopic (exact) mass is 319 g/mol. The van der Waals surface area contributed by atoms with Gasteiger partial charge in [0.2, 0.25) is 0 Å². The number of unbranched alkanes of at least 4 members (excludes halogenated alkanes) is 3. The highest BCUT2D eigenvalue weighted by molar-refractivity contribution is 6.83. The maximum absolute atomic E-state index is 4.43. The van der Waals surface area contributed by atoms with Gasteiger partial charge in [-0.2, -0.15) is 0 Å². The Morgan fingerprint density at radius 3 is 2.22 bits per heavy atom. The predicted molar refractivity (Wildman–Crippen MR) is 106 cm³/mol. The molecular weight excluding hydrogens is 292 g/mol. The van der Waals surface area contributed by atoms with Crippen LogP contribution in [-0.2, 0) is 0 Å². The van der Waals surface area contributed by atoms with Gasteiger partial charge in [0.1, 0.15) is 8.80 Å². The Labute approximate surface area is 143 Å². The van der Waals surface area contributed by atoms with E-state index in [4.69, 9.17) is 0 Å². The number of hydrogen-bond donors (Lipinski definition) is 0. The summed E-state index contributed by atoms with van der Waals surface area (Å²) in [6.45, 7) is 6.70. The number of rotatable bonds is 9. The van der Waals surface area contributed by atoms with Gasteiger partial charge in [0.15, 0.2) is 0 Å². The molecule has 0 aliphatic heterocycles. The SMILES string of the molecule is C=C(c1ccccc1)[Si](/C=C/c1ccccc1)CCCCCC. The minimum absolute atomic E-state index is 0.728. The van der Waals surface area contributed by atoms with Gasteiger partial charge in [-0.05, 0) is 11.1 Å². The number of benzene rings is 2. The second-order valence-corrected chi connectivity index (χ2v) is 8.41. The molecule has 0 aliphatic carbocycles. The molecular formula is C22H27Si. The summed E-state index contributed by atoms with van der Waals surface area (Å²) >= 11 is 0. The highest BCUT2D eigenvalue weighted by Gasteiger charge is 2.13. The third-order valence-corrected chi connectivity index (χ3v) is 6.61. The highest BCUT2D eigenvalue weighted by atomic mass is 28.3. The fraction of sp³-hybridized carbons (Fsp3) is 0.273. The zero-order chi connectivity index (χ0) is 16.3. The lowest BCUT2D eigenvalue weighted by Gasteiger charge is -2.14. The van der Waals surface area contributed by atoms with Crippen molar-refractivity contribution in [3.63, 3.8) is 0 Å². The molecule has 0 amide bonds. The van der Waals surface area contributed by atoms with Crippen LogP contribution in [0.25, 0.3) is 11.3 Å². The maximum atomic E-state index is 4.43. The summed E-state index contributed by atoms with van der Waals surface area (Å²) < 4.78 is 0. The third-order valence-electron chi connectivity index (χ3n) is 4.09. The van der Waals surface area contributed by atoms with E-state index in [1.807, 2.05) is 0 Å². The molecule has 0 fully saturated rings. The van der Waals surface area contributed by atoms with Crippen LogP contribution in [0.3, 0.4) is 0 Å². The Hall–Kier alpha value is -1.86. The summed E-state index contributed by atoms with van der Waals surface area (Å²) in [5.41, 5.74) is 5.01. The van der Waals surface area contributed by atoms with Gasteiger partial charge in [-0.1, -0.05) is 123 Å². The van der Waals surface area contributed by atoms with Gasteiger partial charge in [-0.25, -0.2) is 0 Å². The van der Waals surface area contributed by atoms with E-state index < -0.39 is 8.80 Å². The molecule has 1 heteroatoms. The van der Waals surface area contributed by atoms with E-state index in [2.05, 4.69) is 85.9 Å². The molecule has 23 heavy (non-hydrogen) atoms. The van der Waals surface area contributed by atoms with Crippen LogP contribution in [0.5, 0.6) is 0 Å². The van der Waals surface area contributed by atoms with Gasteiger partial charge in [-0.15, -0.1) is 0 Å². The lowest BCUT2D eigenvalue weighted by molar-refractivity contribution is 0.700. The zero-order valence-electron chi connectivity index (χ0n) is 14.2. The van der Waals surface area contributed by atoms with Crippen molar-refractivity contribution >= 4 is 20.1 Å². The Morgan fingerprint density at radius 2 is 1.57 bits per heavy atom. The molecule has 2 aromatic rings. The average molecular weight is 320 g/mol. The minimum Gasteiger partial charge on any atom is -0.0991 e. The summed E-state index contributed by atoms with van der Waals surface area (Å²) in [5, 5.41) is 1.33. The van der Waals surface area contributed by atoms with E-state index in [-0.39, 0.29) is 0 Å². The van der Waals surface area contributed by atoms with Crippen molar-refractivity contribution < 1.29 is 0 Å². The predicted octanol–water partition coefficient (Wildman–Crippen LogP) is 6.57. The fourth-order valence-corrected chi connectivity index (χ4v) is 4.89. The smallest absolute Gasteiger partial charge is 0.0991 e. The van der Waals surface area contributed by atoms with Crippen molar-refractivity contribution in [1.82, 2.24) is 0 Å². The maximum Gasteiger partial charge on any atom is 0.112 e. The van der Waals surface area contributed by atoms with Crippen molar-refractivity contribution in [2.24, 2.45) is 0 Å². The fourth-order valence-electron chi connectivity index (χ4n) is 2.66. The Bertz CT molecular complexity index is 598. The molecule has 0 spiro atoms. The molecule has 0 atom stereocenters. The van der Waals surface area contributed by atoms with E-state index in [0.29, 0.717) is 0 Å². The van der Waals surface area contributed by atoms with Gasteiger partial charge in [0, 0.05) is 0 Å². The standard InChI is InChI=1S/C22H27Si/c1-3-4-5-12-18-23(19-17-21-13-8-6-9-14-21)20(2)22-15-10-7-11-16-22/h6-11,13-17,19H,2-5,12,18H2,1H3/b19-17+. The molecule has 0 saturated heterocycles. The summed E-state index contributed by atoms with van der Waals surface area (Å²) in [6, 6.07) is 22.5. The van der Waals surface area contributed by atoms with E-state index in [0.717, 1.165) is 0 Å². The topological polar surface area (TPSA) is 0 Å². The molecule has 119 valence electrons. The molecule has 2 rings (SSSR count). The van der Waals surface area contributed by atoms with Crippen LogP contribution in [-0.4, -0.2) is 8.80 Å². The molecule has 0 aromatic heterocycles. The molecule has 1 radical (unpaired) electrons. The molecule has 0 saturated carbocycles. The Morgan fingerprint density at radius 1 is 0.913 bits per heavy atom. The van der Waals surface area contributed by atoms with Gasteiger partial charge in [-0.3, -0.25) is 0 Å². The third kappa shape index (κ3) is 6.03. The summed E-state index contributed by atoms with van der Waals surface area (Å²) in [5.74, 6) is 0. The lowest BCUT2D eigenvalue weighted by atomic mass is 10.2. The van der Waals surface area contributed by atoms with Crippen molar-refractivity contribution in [1.29, 1.82) is 0 Å². The van der Waals surface area contributed by atoms with Crippen LogP contribution in [0.4, 0.5) is 0 Å². The summed E-state index contributed by atoms with van der Waals surface area (Å²) in [4.78, 5) is 0. The average Bonchev–Trinajstić information content (AvgIpc) is 2.62. The molecule has 0 aliphatic rings. The molecule has 2 aromatic carbocycles. The van der Waals surface area contributed by atoms with Gasteiger partial charge >= 0.3 is 0 Å². The first kappa shape index (κ1) is 17.5. The second kappa shape index (κ2) is 10.0. The lowest BCUT2D eigenvalue weighted by Crippen LogP contribution is -2.12. The summed E-state index contributed by atoms with van der Waals surface area (Å²) in [6.07, 6.45) is 7.57. The minimum atomic E-state index is -0.728. The van der Waals surface area contributed by atoms with Gasteiger partial charge in [0.05, 0.1) is 0 Å². The Kier molecular flexibility index (Phi) is 7.62. The first-order valence-corrected chi connectivity index (χ1v) is 10.4. The van der Waals surface area contributed by atoms with Crippen LogP contribution >= 0.6 is 0 Å². The summed E-state index contributed by atoms with van der Waals surface area (Å²) in [7, 11) is -0.728. The molecule has 0 bridgehead atoms. The van der Waals surface area contributed by atoms with Crippen LogP contribution in [0.15, 0.2) is 72.9 Å². The van der Waals surface area contributed by atoms with E-state index in [9.17, 15) is 0 Å². The first-order valence-electron chi connectivity index (χ1n) is 8.65. The van der Waals surface area contributed by atoms with Crippen LogP contribution in [0.2, 0.25) is 6.04 Å². The highest BCUT2D eigenvalue weighted by Crippen LogP contribution is 2.22. The van der Waals surface area contributed by atoms with E-state index in [1.54, 1.807) is 0 Å². The molecule has 0 heterocycles. The first-order chi connectivity index (χ1) is 11.3. The van der Waals surface area contributed by atoms with Crippen LogP contribution in [0.1, 0.15) is 43.7 Å². The largest absolute Gasteiger partial charge is 0.112 e. The number of hydrogen-bond acceptors (Lipinski definition) is 0. The molecule has 0 unspecified atom stereocenters. The quantitative estimate of drug-likeness (QED) is 0.362. The van der Waals surface area contributed by atoms with Gasteiger partial charge in [0.25, 0.3) is 0 Å². The van der Waals surface area contributed by atoms with E-state index in [1.165, 1.54) is 48.1 Å². The zero-order valence-corrected chi connectivity index (χ0v) is 15.2. The van der Waals surface area contributed by atoms with Crippen molar-refractivity contribution in [2.45, 2.75) is 38.7 Å². The second-order valence-electron chi connectivity index (χ2n) is 5.92. The van der Waals surface area contributed by atoms with Crippen molar-refractivity contribution in [3.8, 4) is 0 Å². The molecule has 0 N–H and O–H groups in total. The van der Waals surface area contributed by atoms with Crippen molar-refractivity contribution in [3.05, 3.63) is 84.1 Å². The van der Waals surface area contributed by atoms with E-state index >= 15 is 0 Å². The van der Waals surface area contributed by atoms with Crippen molar-refractivity contribution in [2.75, 3.05) is 0 Å². The van der Waals surface area contributed by atoms with Gasteiger partial charge < -0.3 is 0 Å². The Balaban J connectivity index is 2.08.